The summed E-state index contributed by atoms with van der Waals surface area (Å²) in [6.45, 7) is 1.86. The lowest BCUT2D eigenvalue weighted by Gasteiger charge is -2.06. The number of rotatable bonds is 3. The van der Waals surface area contributed by atoms with Gasteiger partial charge in [0.25, 0.3) is 5.76 Å². The van der Waals surface area contributed by atoms with Gasteiger partial charge < -0.3 is 14.3 Å². The van der Waals surface area contributed by atoms with E-state index in [4.69, 9.17) is 14.3 Å². The van der Waals surface area contributed by atoms with Gasteiger partial charge in [-0.25, -0.2) is 4.79 Å². The molecule has 0 fully saturated rings. The standard InChI is InChI=1S/C12H10O5/c1-2-16-10-9(13)7-5-3-4-6-8(7)17-11(10)12(14)15/h3-6H,2H2,1H3,(H,14,15). The summed E-state index contributed by atoms with van der Waals surface area (Å²) in [5.74, 6) is -2.04. The molecule has 0 aliphatic carbocycles. The van der Waals surface area contributed by atoms with Crippen LogP contribution in [0.25, 0.3) is 11.0 Å². The lowest BCUT2D eigenvalue weighted by molar-refractivity contribution is 0.0655. The van der Waals surface area contributed by atoms with Gasteiger partial charge in [-0.3, -0.25) is 4.79 Å². The Morgan fingerprint density at radius 2 is 2.12 bits per heavy atom. The molecule has 0 atom stereocenters. The van der Waals surface area contributed by atoms with E-state index in [1.165, 1.54) is 0 Å². The zero-order chi connectivity index (χ0) is 12.4. The van der Waals surface area contributed by atoms with Crippen molar-refractivity contribution in [2.75, 3.05) is 6.61 Å². The number of hydrogen-bond acceptors (Lipinski definition) is 4. The largest absolute Gasteiger partial charge is 0.486 e. The van der Waals surface area contributed by atoms with Gasteiger partial charge in [0.15, 0.2) is 0 Å². The molecule has 2 rings (SSSR count). The predicted octanol–water partition coefficient (Wildman–Crippen LogP) is 1.89. The van der Waals surface area contributed by atoms with Gasteiger partial charge in [-0.15, -0.1) is 0 Å². The molecule has 1 N–H and O–H groups in total. The normalized spacial score (nSPS) is 10.4. The summed E-state index contributed by atoms with van der Waals surface area (Å²) >= 11 is 0. The Balaban J connectivity index is 2.84. The first-order chi connectivity index (χ1) is 8.15. The lowest BCUT2D eigenvalue weighted by atomic mass is 10.2. The number of ether oxygens (including phenoxy) is 1. The van der Waals surface area contributed by atoms with Gasteiger partial charge in [-0.1, -0.05) is 12.1 Å². The molecule has 5 heteroatoms. The third-order valence-corrected chi connectivity index (χ3v) is 2.24. The Morgan fingerprint density at radius 1 is 1.41 bits per heavy atom. The van der Waals surface area contributed by atoms with Crippen LogP contribution in [0.4, 0.5) is 0 Å². The number of fused-ring (bicyclic) bond motifs is 1. The fourth-order valence-corrected chi connectivity index (χ4v) is 1.54. The van der Waals surface area contributed by atoms with Gasteiger partial charge in [0.1, 0.15) is 5.58 Å². The van der Waals surface area contributed by atoms with Crippen LogP contribution in [0.2, 0.25) is 0 Å². The van der Waals surface area contributed by atoms with E-state index >= 15 is 0 Å². The lowest BCUT2D eigenvalue weighted by Crippen LogP contribution is -2.14. The number of aromatic carboxylic acids is 1. The van der Waals surface area contributed by atoms with Gasteiger partial charge >= 0.3 is 5.97 Å². The Labute approximate surface area is 96.2 Å². The molecule has 17 heavy (non-hydrogen) atoms. The van der Waals surface area contributed by atoms with E-state index in [0.717, 1.165) is 0 Å². The summed E-state index contributed by atoms with van der Waals surface area (Å²) in [6, 6.07) is 6.45. The molecule has 0 aliphatic rings. The minimum absolute atomic E-state index is 0.198. The fourth-order valence-electron chi connectivity index (χ4n) is 1.54. The maximum atomic E-state index is 12.0. The van der Waals surface area contributed by atoms with E-state index in [9.17, 15) is 9.59 Å². The zero-order valence-electron chi connectivity index (χ0n) is 9.10. The number of para-hydroxylation sites is 1. The molecule has 2 aromatic rings. The number of carboxylic acid groups (broad SMARTS) is 1. The molecule has 0 unspecified atom stereocenters. The van der Waals surface area contributed by atoms with Gasteiger partial charge in [0.05, 0.1) is 12.0 Å². The highest BCUT2D eigenvalue weighted by atomic mass is 16.5. The fraction of sp³-hybridized carbons (Fsp3) is 0.167. The molecule has 1 aromatic carbocycles. The number of carbonyl (C=O) groups is 1. The maximum absolute atomic E-state index is 12.0. The first-order valence-corrected chi connectivity index (χ1v) is 5.07. The topological polar surface area (TPSA) is 76.7 Å². The molecule has 0 bridgehead atoms. The van der Waals surface area contributed by atoms with Crippen LogP contribution >= 0.6 is 0 Å². The molecule has 0 spiro atoms. The second-order valence-electron chi connectivity index (χ2n) is 3.32. The van der Waals surface area contributed by atoms with Crippen molar-refractivity contribution in [3.05, 3.63) is 40.2 Å². The Hall–Kier alpha value is -2.30. The van der Waals surface area contributed by atoms with Crippen LogP contribution < -0.4 is 10.2 Å². The van der Waals surface area contributed by atoms with Crippen LogP contribution in [0, 0.1) is 0 Å². The molecular formula is C12H10O5. The van der Waals surface area contributed by atoms with Crippen LogP contribution in [0.1, 0.15) is 17.5 Å². The van der Waals surface area contributed by atoms with Crippen LogP contribution in [-0.2, 0) is 0 Å². The zero-order valence-corrected chi connectivity index (χ0v) is 9.10. The molecule has 1 aromatic heterocycles. The van der Waals surface area contributed by atoms with Crippen molar-refractivity contribution in [2.24, 2.45) is 0 Å². The van der Waals surface area contributed by atoms with E-state index in [1.54, 1.807) is 31.2 Å². The molecule has 0 saturated carbocycles. The van der Waals surface area contributed by atoms with Gasteiger partial charge in [-0.2, -0.15) is 0 Å². The maximum Gasteiger partial charge on any atom is 0.375 e. The molecule has 0 aliphatic heterocycles. The van der Waals surface area contributed by atoms with Crippen molar-refractivity contribution >= 4 is 16.9 Å². The smallest absolute Gasteiger partial charge is 0.375 e. The third kappa shape index (κ3) is 1.87. The molecule has 0 saturated heterocycles. The van der Waals surface area contributed by atoms with Crippen molar-refractivity contribution in [3.8, 4) is 5.75 Å². The van der Waals surface area contributed by atoms with Crippen molar-refractivity contribution < 1.29 is 19.1 Å². The molecular weight excluding hydrogens is 224 g/mol. The quantitative estimate of drug-likeness (QED) is 0.877. The first-order valence-electron chi connectivity index (χ1n) is 5.07. The Kier molecular flexibility index (Phi) is 2.82. The van der Waals surface area contributed by atoms with E-state index in [2.05, 4.69) is 0 Å². The van der Waals surface area contributed by atoms with Gasteiger partial charge in [-0.05, 0) is 19.1 Å². The van der Waals surface area contributed by atoms with Gasteiger partial charge in [0.2, 0.25) is 11.2 Å². The Morgan fingerprint density at radius 3 is 2.76 bits per heavy atom. The first kappa shape index (κ1) is 11.2. The SMILES string of the molecule is CCOc1c(C(=O)O)oc2ccccc2c1=O. The van der Waals surface area contributed by atoms with Crippen molar-refractivity contribution in [1.82, 2.24) is 0 Å². The minimum atomic E-state index is -1.32. The summed E-state index contributed by atoms with van der Waals surface area (Å²) in [5.41, 5.74) is -0.232. The summed E-state index contributed by atoms with van der Waals surface area (Å²) in [5, 5.41) is 9.27. The summed E-state index contributed by atoms with van der Waals surface area (Å²) in [7, 11) is 0. The van der Waals surface area contributed by atoms with E-state index in [0.29, 0.717) is 5.39 Å². The Bertz CT molecular complexity index is 626. The minimum Gasteiger partial charge on any atom is -0.486 e. The predicted molar refractivity (Wildman–Crippen MR) is 60.6 cm³/mol. The van der Waals surface area contributed by atoms with Crippen molar-refractivity contribution in [3.63, 3.8) is 0 Å². The van der Waals surface area contributed by atoms with E-state index < -0.39 is 17.2 Å². The average Bonchev–Trinajstić information content (AvgIpc) is 2.32. The molecule has 0 amide bonds. The van der Waals surface area contributed by atoms with E-state index in [-0.39, 0.29) is 17.9 Å². The van der Waals surface area contributed by atoms with Crippen LogP contribution in [0.5, 0.6) is 5.75 Å². The monoisotopic (exact) mass is 234 g/mol. The van der Waals surface area contributed by atoms with Crippen molar-refractivity contribution in [1.29, 1.82) is 0 Å². The van der Waals surface area contributed by atoms with Crippen LogP contribution in [0.3, 0.4) is 0 Å². The molecule has 0 radical (unpaired) electrons. The van der Waals surface area contributed by atoms with Gasteiger partial charge in [0, 0.05) is 0 Å². The average molecular weight is 234 g/mol. The van der Waals surface area contributed by atoms with Crippen molar-refractivity contribution in [2.45, 2.75) is 6.92 Å². The molecule has 1 heterocycles. The van der Waals surface area contributed by atoms with E-state index in [1.807, 2.05) is 0 Å². The van der Waals surface area contributed by atoms with Crippen LogP contribution in [0.15, 0.2) is 33.5 Å². The van der Waals surface area contributed by atoms with Crippen LogP contribution in [-0.4, -0.2) is 17.7 Å². The number of benzene rings is 1. The second kappa shape index (κ2) is 4.29. The summed E-state index contributed by atoms with van der Waals surface area (Å²) in [6.07, 6.45) is 0. The summed E-state index contributed by atoms with van der Waals surface area (Å²) < 4.78 is 10.2. The second-order valence-corrected chi connectivity index (χ2v) is 3.32. The summed E-state index contributed by atoms with van der Waals surface area (Å²) in [4.78, 5) is 23.0. The number of carboxylic acids is 1. The molecule has 5 nitrogen and oxygen atoms in total. The molecule has 88 valence electrons. The number of hydrogen-bond donors (Lipinski definition) is 1. The highest BCUT2D eigenvalue weighted by Crippen LogP contribution is 2.20. The third-order valence-electron chi connectivity index (χ3n) is 2.24. The highest BCUT2D eigenvalue weighted by Gasteiger charge is 2.20. The highest BCUT2D eigenvalue weighted by molar-refractivity contribution is 5.91.